The molecule has 3 heterocycles. The van der Waals surface area contributed by atoms with Gasteiger partial charge in [0, 0.05) is 43.6 Å². The van der Waals surface area contributed by atoms with Crippen molar-refractivity contribution in [3.63, 3.8) is 0 Å². The van der Waals surface area contributed by atoms with E-state index in [0.717, 1.165) is 55.1 Å². The lowest BCUT2D eigenvalue weighted by Crippen LogP contribution is -2.01. The average molecular weight is 715 g/mol. The van der Waals surface area contributed by atoms with Crippen LogP contribution < -0.4 is 0 Å². The first-order valence-corrected chi connectivity index (χ1v) is 18.9. The van der Waals surface area contributed by atoms with Crippen molar-refractivity contribution in [2.75, 3.05) is 0 Å². The van der Waals surface area contributed by atoms with Gasteiger partial charge in [-0.3, -0.25) is 0 Å². The van der Waals surface area contributed by atoms with Crippen LogP contribution in [0.1, 0.15) is 0 Å². The first kappa shape index (κ1) is 30.8. The summed E-state index contributed by atoms with van der Waals surface area (Å²) in [4.78, 5) is 15.4. The second kappa shape index (κ2) is 11.9. The molecule has 0 bridgehead atoms. The molecular weight excluding hydrogens is 685 g/mol. The molecule has 12 aromatic rings. The van der Waals surface area contributed by atoms with Crippen LogP contribution in [0.15, 0.2) is 186 Å². The maximum atomic E-state index is 6.29. The molecule has 56 heavy (non-hydrogen) atoms. The fourth-order valence-electron chi connectivity index (χ4n) is 8.61. The van der Waals surface area contributed by atoms with Crippen LogP contribution in [0.5, 0.6) is 0 Å². The minimum atomic E-state index is 0.588. The highest BCUT2D eigenvalue weighted by molar-refractivity contribution is 6.24. The van der Waals surface area contributed by atoms with Crippen molar-refractivity contribution in [3.8, 4) is 39.9 Å². The minimum absolute atomic E-state index is 0.588. The third kappa shape index (κ3) is 4.64. The molecular formula is C51H30N4O. The Hall–Kier alpha value is -7.63. The third-order valence-electron chi connectivity index (χ3n) is 11.2. The van der Waals surface area contributed by atoms with Crippen LogP contribution in [0.2, 0.25) is 0 Å². The van der Waals surface area contributed by atoms with Gasteiger partial charge in [-0.15, -0.1) is 0 Å². The molecule has 0 spiro atoms. The molecule has 0 aliphatic heterocycles. The van der Waals surface area contributed by atoms with E-state index in [9.17, 15) is 0 Å². The van der Waals surface area contributed by atoms with Gasteiger partial charge in [0.15, 0.2) is 17.5 Å². The maximum absolute atomic E-state index is 6.29. The Morgan fingerprint density at radius 3 is 1.84 bits per heavy atom. The number of rotatable bonds is 4. The number of furan rings is 1. The van der Waals surface area contributed by atoms with Crippen LogP contribution in [0.3, 0.4) is 0 Å². The summed E-state index contributed by atoms with van der Waals surface area (Å²) >= 11 is 0. The molecule has 0 radical (unpaired) electrons. The van der Waals surface area contributed by atoms with E-state index in [1.165, 1.54) is 43.4 Å². The molecule has 9 aromatic carbocycles. The Morgan fingerprint density at radius 1 is 0.357 bits per heavy atom. The van der Waals surface area contributed by atoms with Crippen molar-refractivity contribution in [2.45, 2.75) is 0 Å². The number of benzene rings is 9. The fourth-order valence-corrected chi connectivity index (χ4v) is 8.61. The minimum Gasteiger partial charge on any atom is -0.456 e. The summed E-state index contributed by atoms with van der Waals surface area (Å²) in [5, 5.41) is 11.7. The molecule has 0 saturated carbocycles. The molecule has 0 atom stereocenters. The molecule has 0 unspecified atom stereocenters. The smallest absolute Gasteiger partial charge is 0.164 e. The van der Waals surface area contributed by atoms with Gasteiger partial charge < -0.3 is 8.98 Å². The third-order valence-corrected chi connectivity index (χ3v) is 11.2. The van der Waals surface area contributed by atoms with E-state index in [-0.39, 0.29) is 0 Å². The SMILES string of the molecule is c1ccc(-c2nc(-c3ccc4c(c3)oc3ccccc34)nc(-c3ccc(-n4c5cc6ccccc6cc5c5c6ccccc6ccc54)c4ccccc34)n2)cc1. The molecule has 0 saturated heterocycles. The van der Waals surface area contributed by atoms with Crippen LogP contribution in [0.4, 0.5) is 0 Å². The first-order valence-electron chi connectivity index (χ1n) is 18.9. The normalized spacial score (nSPS) is 11.9. The number of aromatic nitrogens is 4. The van der Waals surface area contributed by atoms with Crippen molar-refractivity contribution in [2.24, 2.45) is 0 Å². The second-order valence-electron chi connectivity index (χ2n) is 14.4. The van der Waals surface area contributed by atoms with Crippen molar-refractivity contribution in [1.82, 2.24) is 19.5 Å². The molecule has 0 fully saturated rings. The van der Waals surface area contributed by atoms with Gasteiger partial charge in [-0.05, 0) is 75.5 Å². The lowest BCUT2D eigenvalue weighted by molar-refractivity contribution is 0.669. The maximum Gasteiger partial charge on any atom is 0.164 e. The first-order chi connectivity index (χ1) is 27.7. The van der Waals surface area contributed by atoms with E-state index in [4.69, 9.17) is 19.4 Å². The van der Waals surface area contributed by atoms with Crippen molar-refractivity contribution in [1.29, 1.82) is 0 Å². The standard InChI is InChI=1S/C51H30N4O/c1-2-13-32(14-3-1)49-52-50(35-22-24-40-39-20-10-11-21-46(39)56-47(40)30-35)54-51(53-49)41-25-27-43(38-19-9-8-18-37(38)41)55-44-26-23-31-12-6-7-17-36(31)48(44)42-28-33-15-4-5-16-34(33)29-45(42)55/h1-30H. The molecule has 5 heteroatoms. The topological polar surface area (TPSA) is 56.7 Å². The van der Waals surface area contributed by atoms with Crippen molar-refractivity contribution >= 4 is 76.1 Å². The molecule has 260 valence electrons. The van der Waals surface area contributed by atoms with Crippen LogP contribution >= 0.6 is 0 Å². The average Bonchev–Trinajstić information content (AvgIpc) is 3.80. The van der Waals surface area contributed by atoms with Gasteiger partial charge >= 0.3 is 0 Å². The Bertz CT molecular complexity index is 3540. The lowest BCUT2D eigenvalue weighted by Gasteiger charge is -2.15. The predicted molar refractivity (Wildman–Crippen MR) is 230 cm³/mol. The summed E-state index contributed by atoms with van der Waals surface area (Å²) in [6.07, 6.45) is 0. The van der Waals surface area contributed by atoms with Gasteiger partial charge in [-0.25, -0.2) is 15.0 Å². The van der Waals surface area contributed by atoms with E-state index in [2.05, 4.69) is 132 Å². The number of hydrogen-bond donors (Lipinski definition) is 0. The van der Waals surface area contributed by atoms with Gasteiger partial charge in [-0.2, -0.15) is 0 Å². The Morgan fingerprint density at radius 2 is 1.00 bits per heavy atom. The van der Waals surface area contributed by atoms with Crippen molar-refractivity contribution in [3.05, 3.63) is 182 Å². The summed E-state index contributed by atoms with van der Waals surface area (Å²) < 4.78 is 8.72. The Labute approximate surface area is 320 Å². The van der Waals surface area contributed by atoms with Crippen LogP contribution in [0.25, 0.3) is 116 Å². The zero-order valence-electron chi connectivity index (χ0n) is 30.0. The number of nitrogens with zero attached hydrogens (tertiary/aromatic N) is 4. The molecule has 0 aliphatic rings. The highest BCUT2D eigenvalue weighted by Crippen LogP contribution is 2.42. The molecule has 5 nitrogen and oxygen atoms in total. The number of fused-ring (bicyclic) bond motifs is 10. The zero-order chi connectivity index (χ0) is 36.7. The predicted octanol–water partition coefficient (Wildman–Crippen LogP) is 13.3. The van der Waals surface area contributed by atoms with Crippen LogP contribution in [-0.4, -0.2) is 19.5 Å². The lowest BCUT2D eigenvalue weighted by atomic mass is 10.0. The van der Waals surface area contributed by atoms with E-state index in [1.54, 1.807) is 0 Å². The summed E-state index contributed by atoms with van der Waals surface area (Å²) in [6, 6.07) is 64.0. The monoisotopic (exact) mass is 714 g/mol. The molecule has 0 amide bonds. The molecule has 3 aromatic heterocycles. The van der Waals surface area contributed by atoms with Crippen LogP contribution in [0, 0.1) is 0 Å². The summed E-state index contributed by atoms with van der Waals surface area (Å²) in [6.45, 7) is 0. The highest BCUT2D eigenvalue weighted by Gasteiger charge is 2.21. The van der Waals surface area contributed by atoms with Gasteiger partial charge in [0.1, 0.15) is 11.2 Å². The van der Waals surface area contributed by atoms with E-state index < -0.39 is 0 Å². The molecule has 0 N–H and O–H groups in total. The highest BCUT2D eigenvalue weighted by atomic mass is 16.3. The quantitative estimate of drug-likeness (QED) is 0.182. The van der Waals surface area contributed by atoms with Crippen LogP contribution in [-0.2, 0) is 0 Å². The zero-order valence-corrected chi connectivity index (χ0v) is 30.0. The van der Waals surface area contributed by atoms with Gasteiger partial charge in [-0.1, -0.05) is 133 Å². The largest absolute Gasteiger partial charge is 0.456 e. The van der Waals surface area contributed by atoms with Gasteiger partial charge in [0.2, 0.25) is 0 Å². The van der Waals surface area contributed by atoms with E-state index in [1.807, 2.05) is 54.6 Å². The van der Waals surface area contributed by atoms with E-state index >= 15 is 0 Å². The Balaban J connectivity index is 1.11. The molecule has 0 aliphatic carbocycles. The summed E-state index contributed by atoms with van der Waals surface area (Å²) in [7, 11) is 0. The Kier molecular flexibility index (Phi) is 6.56. The van der Waals surface area contributed by atoms with Gasteiger partial charge in [0.25, 0.3) is 0 Å². The van der Waals surface area contributed by atoms with E-state index in [0.29, 0.717) is 17.5 Å². The summed E-state index contributed by atoms with van der Waals surface area (Å²) in [5.74, 6) is 1.82. The second-order valence-corrected chi connectivity index (χ2v) is 14.4. The molecule has 12 rings (SSSR count). The fraction of sp³-hybridized carbons (Fsp3) is 0. The summed E-state index contributed by atoms with van der Waals surface area (Å²) in [5.41, 5.74) is 7.82. The van der Waals surface area contributed by atoms with Crippen molar-refractivity contribution < 1.29 is 4.42 Å². The number of para-hydroxylation sites is 1. The van der Waals surface area contributed by atoms with Gasteiger partial charge in [0.05, 0.1) is 16.7 Å². The number of hydrogen-bond acceptors (Lipinski definition) is 4.